The highest BCUT2D eigenvalue weighted by Crippen LogP contribution is 2.29. The number of nitro groups is 1. The van der Waals surface area contributed by atoms with Gasteiger partial charge in [-0.25, -0.2) is 0 Å². The van der Waals surface area contributed by atoms with E-state index in [1.165, 1.54) is 12.1 Å². The summed E-state index contributed by atoms with van der Waals surface area (Å²) in [4.78, 5) is 14.3. The first kappa shape index (κ1) is 10.6. The second-order valence-corrected chi connectivity index (χ2v) is 3.55. The number of pyridine rings is 1. The van der Waals surface area contributed by atoms with Crippen LogP contribution < -0.4 is 0 Å². The summed E-state index contributed by atoms with van der Waals surface area (Å²) >= 11 is 5.72. The number of aromatic nitrogens is 1. The van der Waals surface area contributed by atoms with Crippen molar-refractivity contribution >= 4 is 17.3 Å². The van der Waals surface area contributed by atoms with Crippen molar-refractivity contribution in [3.8, 4) is 11.3 Å². The number of halogens is 1. The van der Waals surface area contributed by atoms with Crippen LogP contribution in [0.15, 0.2) is 42.6 Å². The molecule has 1 aromatic carbocycles. The zero-order valence-electron chi connectivity index (χ0n) is 8.13. The second-order valence-electron chi connectivity index (χ2n) is 3.14. The Morgan fingerprint density at radius 2 is 2.06 bits per heavy atom. The highest BCUT2D eigenvalue weighted by atomic mass is 35.5. The molecule has 0 aliphatic rings. The summed E-state index contributed by atoms with van der Waals surface area (Å²) in [6.07, 6.45) is 1.63. The largest absolute Gasteiger partial charge is 0.288 e. The van der Waals surface area contributed by atoms with Gasteiger partial charge in [0, 0.05) is 17.8 Å². The molecule has 0 saturated carbocycles. The van der Waals surface area contributed by atoms with Gasteiger partial charge in [0.1, 0.15) is 5.02 Å². The fourth-order valence-electron chi connectivity index (χ4n) is 1.35. The topological polar surface area (TPSA) is 56.0 Å². The number of hydrogen-bond donors (Lipinski definition) is 0. The van der Waals surface area contributed by atoms with Crippen molar-refractivity contribution in [2.24, 2.45) is 0 Å². The van der Waals surface area contributed by atoms with E-state index in [0.29, 0.717) is 11.3 Å². The van der Waals surface area contributed by atoms with Crippen LogP contribution >= 0.6 is 11.6 Å². The lowest BCUT2D eigenvalue weighted by Gasteiger charge is -2.01. The first-order valence-electron chi connectivity index (χ1n) is 4.54. The van der Waals surface area contributed by atoms with E-state index in [1.54, 1.807) is 24.4 Å². The molecule has 0 fully saturated rings. The van der Waals surface area contributed by atoms with Gasteiger partial charge in [-0.2, -0.15) is 0 Å². The van der Waals surface area contributed by atoms with Crippen molar-refractivity contribution in [1.82, 2.24) is 4.98 Å². The van der Waals surface area contributed by atoms with Crippen LogP contribution in [0.5, 0.6) is 0 Å². The Morgan fingerprint density at radius 3 is 2.69 bits per heavy atom. The van der Waals surface area contributed by atoms with Crippen molar-refractivity contribution in [3.05, 3.63) is 57.7 Å². The minimum atomic E-state index is -0.505. The maximum absolute atomic E-state index is 10.7. The van der Waals surface area contributed by atoms with Crippen LogP contribution in [-0.4, -0.2) is 9.91 Å². The molecule has 0 atom stereocenters. The summed E-state index contributed by atoms with van der Waals surface area (Å²) in [5.74, 6) is 0. The standard InChI is InChI=1S/C11H7ClN2O2/c12-9-5-4-8(7-11(9)14(15)16)10-3-1-2-6-13-10/h1-7H. The average Bonchev–Trinajstić information content (AvgIpc) is 2.30. The summed E-state index contributed by atoms with van der Waals surface area (Å²) in [5, 5.41) is 10.8. The normalized spacial score (nSPS) is 10.1. The number of nitro benzene ring substituents is 1. The molecule has 0 unspecified atom stereocenters. The van der Waals surface area contributed by atoms with Crippen molar-refractivity contribution in [3.63, 3.8) is 0 Å². The summed E-state index contributed by atoms with van der Waals surface area (Å²) in [6, 6.07) is 10.0. The third kappa shape index (κ3) is 2.01. The van der Waals surface area contributed by atoms with Gasteiger partial charge in [0.05, 0.1) is 10.6 Å². The van der Waals surface area contributed by atoms with E-state index in [9.17, 15) is 10.1 Å². The highest BCUT2D eigenvalue weighted by molar-refractivity contribution is 6.32. The van der Waals surface area contributed by atoms with E-state index < -0.39 is 4.92 Å². The van der Waals surface area contributed by atoms with Gasteiger partial charge in [-0.05, 0) is 18.2 Å². The van der Waals surface area contributed by atoms with Gasteiger partial charge >= 0.3 is 0 Å². The molecule has 2 aromatic rings. The van der Waals surface area contributed by atoms with Crippen molar-refractivity contribution in [2.45, 2.75) is 0 Å². The maximum Gasteiger partial charge on any atom is 0.288 e. The molecule has 1 aromatic heterocycles. The lowest BCUT2D eigenvalue weighted by molar-refractivity contribution is -0.384. The van der Waals surface area contributed by atoms with Crippen LogP contribution in [0.2, 0.25) is 5.02 Å². The van der Waals surface area contributed by atoms with Crippen molar-refractivity contribution in [2.75, 3.05) is 0 Å². The Morgan fingerprint density at radius 1 is 1.25 bits per heavy atom. The molecule has 5 heteroatoms. The van der Waals surface area contributed by atoms with Crippen LogP contribution in [0.1, 0.15) is 0 Å². The molecule has 0 N–H and O–H groups in total. The Kier molecular flexibility index (Phi) is 2.83. The molecule has 4 nitrogen and oxygen atoms in total. The number of benzene rings is 1. The van der Waals surface area contributed by atoms with Crippen LogP contribution in [0.3, 0.4) is 0 Å². The van der Waals surface area contributed by atoms with Gasteiger partial charge < -0.3 is 0 Å². The summed E-state index contributed by atoms with van der Waals surface area (Å²) in [5.41, 5.74) is 1.25. The Labute approximate surface area is 96.7 Å². The fourth-order valence-corrected chi connectivity index (χ4v) is 1.53. The number of nitrogens with zero attached hydrogens (tertiary/aromatic N) is 2. The molecule has 0 amide bonds. The van der Waals surface area contributed by atoms with Gasteiger partial charge in [-0.1, -0.05) is 23.7 Å². The predicted octanol–water partition coefficient (Wildman–Crippen LogP) is 3.31. The molecule has 0 radical (unpaired) electrons. The first-order valence-corrected chi connectivity index (χ1v) is 4.91. The van der Waals surface area contributed by atoms with Crippen molar-refractivity contribution < 1.29 is 4.92 Å². The predicted molar refractivity (Wildman–Crippen MR) is 61.3 cm³/mol. The zero-order chi connectivity index (χ0) is 11.5. The minimum absolute atomic E-state index is 0.107. The van der Waals surface area contributed by atoms with Gasteiger partial charge in [0.2, 0.25) is 0 Å². The Balaban J connectivity index is 2.52. The summed E-state index contributed by atoms with van der Waals surface area (Å²) in [7, 11) is 0. The van der Waals surface area contributed by atoms with E-state index in [0.717, 1.165) is 0 Å². The molecule has 1 heterocycles. The van der Waals surface area contributed by atoms with E-state index in [-0.39, 0.29) is 10.7 Å². The van der Waals surface area contributed by atoms with Gasteiger partial charge in [0.15, 0.2) is 0 Å². The summed E-state index contributed by atoms with van der Waals surface area (Å²) in [6.45, 7) is 0. The lowest BCUT2D eigenvalue weighted by atomic mass is 10.1. The smallest absolute Gasteiger partial charge is 0.258 e. The molecule has 16 heavy (non-hydrogen) atoms. The Hall–Kier alpha value is -1.94. The molecule has 0 aliphatic heterocycles. The van der Waals surface area contributed by atoms with Gasteiger partial charge in [-0.3, -0.25) is 15.1 Å². The van der Waals surface area contributed by atoms with E-state index in [4.69, 9.17) is 11.6 Å². The molecule has 0 spiro atoms. The summed E-state index contributed by atoms with van der Waals surface area (Å²) < 4.78 is 0. The highest BCUT2D eigenvalue weighted by Gasteiger charge is 2.13. The Bertz CT molecular complexity index is 529. The molecule has 0 saturated heterocycles. The van der Waals surface area contributed by atoms with Crippen LogP contribution in [-0.2, 0) is 0 Å². The second kappa shape index (κ2) is 4.28. The zero-order valence-corrected chi connectivity index (χ0v) is 8.89. The third-order valence-corrected chi connectivity index (χ3v) is 2.42. The van der Waals surface area contributed by atoms with Gasteiger partial charge in [0.25, 0.3) is 5.69 Å². The quantitative estimate of drug-likeness (QED) is 0.592. The molecule has 0 bridgehead atoms. The number of rotatable bonds is 2. The molecular weight excluding hydrogens is 228 g/mol. The molecule has 2 rings (SSSR count). The van der Waals surface area contributed by atoms with Crippen molar-refractivity contribution in [1.29, 1.82) is 0 Å². The minimum Gasteiger partial charge on any atom is -0.258 e. The third-order valence-electron chi connectivity index (χ3n) is 2.10. The number of hydrogen-bond acceptors (Lipinski definition) is 3. The molecule has 80 valence electrons. The van der Waals surface area contributed by atoms with E-state index in [2.05, 4.69) is 4.98 Å². The molecular formula is C11H7ClN2O2. The molecule has 0 aliphatic carbocycles. The van der Waals surface area contributed by atoms with Gasteiger partial charge in [-0.15, -0.1) is 0 Å². The SMILES string of the molecule is O=[N+]([O-])c1cc(-c2ccccn2)ccc1Cl. The van der Waals surface area contributed by atoms with Crippen LogP contribution in [0.25, 0.3) is 11.3 Å². The maximum atomic E-state index is 10.7. The van der Waals surface area contributed by atoms with E-state index >= 15 is 0 Å². The lowest BCUT2D eigenvalue weighted by Crippen LogP contribution is -1.90. The van der Waals surface area contributed by atoms with E-state index in [1.807, 2.05) is 6.07 Å². The monoisotopic (exact) mass is 234 g/mol. The fraction of sp³-hybridized carbons (Fsp3) is 0. The van der Waals surface area contributed by atoms with Crippen LogP contribution in [0, 0.1) is 10.1 Å². The average molecular weight is 235 g/mol. The van der Waals surface area contributed by atoms with Crippen LogP contribution in [0.4, 0.5) is 5.69 Å². The first-order chi connectivity index (χ1) is 7.68.